The van der Waals surface area contributed by atoms with E-state index in [1.165, 1.54) is 4.68 Å². The Balaban J connectivity index is 0.000000190. The highest BCUT2D eigenvalue weighted by Crippen LogP contribution is 2.46. The summed E-state index contributed by atoms with van der Waals surface area (Å²) < 4.78 is 69.3. The minimum absolute atomic E-state index is 0.00694. The normalized spacial score (nSPS) is 14.1. The zero-order valence-electron chi connectivity index (χ0n) is 71.2. The van der Waals surface area contributed by atoms with Crippen LogP contribution in [0.5, 0.6) is 17.6 Å². The largest absolute Gasteiger partial charge is 0.481 e. The molecule has 0 saturated carbocycles. The highest BCUT2D eigenvalue weighted by atomic mass is 35.7. The lowest BCUT2D eigenvalue weighted by Gasteiger charge is -2.36. The first-order valence-electron chi connectivity index (χ1n) is 41.1. The lowest BCUT2D eigenvalue weighted by Crippen LogP contribution is -2.41. The number of ether oxygens (including phenoxy) is 8. The molecule has 9 aromatic carbocycles. The third-order valence-corrected chi connectivity index (χ3v) is 23.9. The van der Waals surface area contributed by atoms with Gasteiger partial charge in [0, 0.05) is 55.6 Å². The molecule has 0 radical (unpaired) electrons. The topological polar surface area (TPSA) is 380 Å². The third-order valence-electron chi connectivity index (χ3n) is 20.7. The van der Waals surface area contributed by atoms with Crippen molar-refractivity contribution in [2.45, 2.75) is 141 Å². The van der Waals surface area contributed by atoms with Crippen molar-refractivity contribution in [1.29, 1.82) is 0 Å². The van der Waals surface area contributed by atoms with Gasteiger partial charge in [0.25, 0.3) is 17.6 Å². The van der Waals surface area contributed by atoms with Crippen LogP contribution >= 0.6 is 103 Å². The molecule has 3 N–H and O–H groups in total. The number of fused-ring (bicyclic) bond motifs is 3. The van der Waals surface area contributed by atoms with Crippen molar-refractivity contribution in [3.8, 4) is 17.6 Å². The molecule has 3 heterocycles. The molecular weight excluding hydrogens is 1910 g/mol. The summed E-state index contributed by atoms with van der Waals surface area (Å²) in [6, 6.07) is 69.2. The predicted molar refractivity (Wildman–Crippen MR) is 496 cm³/mol. The SMILES string of the molecule is CCC(=O)O.CCC(=O)OCCl.CCC(=O)OCOC(=O)c1[nH]nnc1OC1CCc2cc(Cl)c(Cl)cc2C1.CCC(=O)OCOC(=O)c1c(OC2CCc3cc(Cl)c(Cl)cc3C2)nnn1C(c1ccccc1)(c1ccccc1)c1ccccc1.O=C(O)c1c(OC2CCc3cc(Cl)c(Cl)cc3C2)nnn1C(c1ccccc1)(c1ccccc1)c1ccccc1.O=S(=O)(Cl)OCCl. The Labute approximate surface area is 804 Å². The van der Waals surface area contributed by atoms with Gasteiger partial charge in [-0.2, -0.15) is 8.42 Å². The van der Waals surface area contributed by atoms with Crippen LogP contribution in [0.3, 0.4) is 0 Å². The van der Waals surface area contributed by atoms with Gasteiger partial charge in [-0.1, -0.05) is 333 Å². The van der Waals surface area contributed by atoms with E-state index in [2.05, 4.69) is 55.6 Å². The number of carboxylic acid groups (broad SMARTS) is 2. The Bertz CT molecular complexity index is 5830. The fourth-order valence-corrected chi connectivity index (χ4v) is 16.5. The summed E-state index contributed by atoms with van der Waals surface area (Å²) in [5, 5.41) is 49.0. The maximum absolute atomic E-state index is 14.1. The fraction of sp³-hybridized carbons (Fsp3) is 0.280. The van der Waals surface area contributed by atoms with Crippen LogP contribution < -0.4 is 14.2 Å². The molecule has 3 aliphatic carbocycles. The molecule has 694 valence electrons. The molecule has 12 aromatic rings. The molecule has 0 aliphatic heterocycles. The average Bonchev–Trinajstić information content (AvgIpc) is 1.40. The number of carbonyl (C=O) groups excluding carboxylic acids is 5. The van der Waals surface area contributed by atoms with Gasteiger partial charge in [0.2, 0.25) is 30.7 Å². The Hall–Kier alpha value is -11.4. The van der Waals surface area contributed by atoms with Crippen LogP contribution in [0.1, 0.15) is 171 Å². The number of aromatic amines is 1. The van der Waals surface area contributed by atoms with E-state index in [0.29, 0.717) is 75.1 Å². The maximum atomic E-state index is 14.1. The Morgan fingerprint density at radius 3 is 0.977 bits per heavy atom. The molecule has 3 unspecified atom stereocenters. The smallest absolute Gasteiger partial charge is 0.365 e. The highest BCUT2D eigenvalue weighted by Gasteiger charge is 2.47. The standard InChI is InChI=1S/C36H31Cl2N3O5.C32H25Cl2N3O3.C17H17Cl2N3O5.C4H7ClO2.C3H6O2.CH2Cl2O3S/c1-2-32(42)44-23-45-35(43)33-34(46-29-19-18-24-21-30(37)31(38)22-25(24)20-29)39-40-41(33)36(26-12-6-3-7-13-26,27-14-8-4-9-15-27)28-16-10-5-11-17-28;33-27-19-21-16-17-26(18-22(21)20-28(27)34)40-30-29(31(38)39)37(36-35-30)32(23-10-4-1-5-11-23,24-12-6-2-7-13-24)25-14-8-3-9-15-25;1-2-14(23)25-8-26-17(24)15-16(21-22-20-15)27-11-4-3-9-6-12(18)13(19)7-10(9)5-11;1-2-4(6)7-3-5;1-2-3(4)5;2-1-6-7(3,4)5/h3-17,21-22,29H,2,18-20,23H2,1H3;1-15,19-20,26H,16-18H2,(H,38,39);6-7,11H,2-5,8H2,1H3,(H,20,21,22);2-3H2,1H3;2H2,1H3,(H,4,5);1H2. The molecular formula is C93H88Cl9N9O20S. The van der Waals surface area contributed by atoms with Gasteiger partial charge in [0.15, 0.2) is 6.07 Å². The number of hydrogen-bond donors (Lipinski definition) is 3. The molecule has 132 heavy (non-hydrogen) atoms. The minimum Gasteiger partial charge on any atom is -0.481 e. The quantitative estimate of drug-likeness (QED) is 0.0102. The van der Waals surface area contributed by atoms with Crippen molar-refractivity contribution in [2.24, 2.45) is 0 Å². The first-order chi connectivity index (χ1) is 63.5. The molecule has 3 aliphatic rings. The summed E-state index contributed by atoms with van der Waals surface area (Å²) in [6.45, 7) is 5.56. The van der Waals surface area contributed by atoms with E-state index in [1.54, 1.807) is 32.4 Å². The maximum Gasteiger partial charge on any atom is 0.365 e. The zero-order chi connectivity index (χ0) is 95.1. The van der Waals surface area contributed by atoms with E-state index in [1.807, 2.05) is 218 Å². The van der Waals surface area contributed by atoms with Gasteiger partial charge >= 0.3 is 51.1 Å². The van der Waals surface area contributed by atoms with Gasteiger partial charge in [0.1, 0.15) is 35.5 Å². The first-order valence-corrected chi connectivity index (χ1v) is 46.6. The Morgan fingerprint density at radius 2 is 0.697 bits per heavy atom. The van der Waals surface area contributed by atoms with E-state index >= 15 is 0 Å². The van der Waals surface area contributed by atoms with Crippen LogP contribution in [0, 0.1) is 0 Å². The minimum atomic E-state index is -3.83. The average molecular weight is 2000 g/mol. The van der Waals surface area contributed by atoms with Gasteiger partial charge < -0.3 is 48.1 Å². The number of esters is 5. The second-order valence-electron chi connectivity index (χ2n) is 29.0. The number of H-pyrrole nitrogens is 1. The van der Waals surface area contributed by atoms with Crippen LogP contribution in [0.15, 0.2) is 218 Å². The highest BCUT2D eigenvalue weighted by molar-refractivity contribution is 8.10. The van der Waals surface area contributed by atoms with Crippen molar-refractivity contribution in [1.82, 2.24) is 45.4 Å². The summed E-state index contributed by atoms with van der Waals surface area (Å²) in [5.74, 6) is -4.70. The summed E-state index contributed by atoms with van der Waals surface area (Å²) in [4.78, 5) is 81.5. The molecule has 0 spiro atoms. The van der Waals surface area contributed by atoms with E-state index in [-0.39, 0.29) is 84.3 Å². The molecule has 39 heteroatoms. The van der Waals surface area contributed by atoms with Crippen molar-refractivity contribution in [2.75, 3.05) is 25.7 Å². The van der Waals surface area contributed by atoms with E-state index in [0.717, 1.165) is 86.0 Å². The summed E-state index contributed by atoms with van der Waals surface area (Å²) in [7, 11) is 0.665. The number of carboxylic acids is 2. The molecule has 0 bridgehead atoms. The van der Waals surface area contributed by atoms with Crippen molar-refractivity contribution >= 4 is 155 Å². The number of aliphatic carboxylic acids is 1. The van der Waals surface area contributed by atoms with Crippen LogP contribution in [-0.2, 0) is 106 Å². The van der Waals surface area contributed by atoms with Crippen LogP contribution in [-0.4, -0.2) is 150 Å². The van der Waals surface area contributed by atoms with Crippen LogP contribution in [0.4, 0.5) is 0 Å². The summed E-state index contributed by atoms with van der Waals surface area (Å²) >= 11 is 47.1. The number of nitrogens with one attached hydrogen (secondary N) is 1. The number of benzene rings is 9. The molecule has 3 aromatic heterocycles. The lowest BCUT2D eigenvalue weighted by atomic mass is 9.77. The summed E-state index contributed by atoms with van der Waals surface area (Å²) in [5.41, 5.74) is 8.94. The van der Waals surface area contributed by atoms with Gasteiger partial charge in [-0.25, -0.2) is 33.0 Å². The molecule has 0 saturated heterocycles. The number of alkyl halides is 2. The van der Waals surface area contributed by atoms with Crippen molar-refractivity contribution in [3.05, 3.63) is 332 Å². The zero-order valence-corrected chi connectivity index (χ0v) is 78.8. The first kappa shape index (κ1) is 103. The van der Waals surface area contributed by atoms with Gasteiger partial charge in [-0.05, 0) is 142 Å². The van der Waals surface area contributed by atoms with E-state index < -0.39 is 75.9 Å². The van der Waals surface area contributed by atoms with Gasteiger partial charge in [-0.3, -0.25) is 19.2 Å². The second kappa shape index (κ2) is 49.9. The van der Waals surface area contributed by atoms with Gasteiger partial charge in [0.05, 0.1) is 30.1 Å². The molecule has 0 amide bonds. The fourth-order valence-electron chi connectivity index (χ4n) is 14.5. The molecule has 15 rings (SSSR count). The number of aromatic carboxylic acids is 1. The number of aryl methyl sites for hydroxylation is 3. The number of nitrogens with zero attached hydrogens (tertiary/aromatic N) is 8. The molecule has 3 atom stereocenters. The number of hydrogen-bond acceptors (Lipinski definition) is 24. The van der Waals surface area contributed by atoms with Crippen LogP contribution in [0.25, 0.3) is 0 Å². The van der Waals surface area contributed by atoms with E-state index in [4.69, 9.17) is 131 Å². The monoisotopic (exact) mass is 2000 g/mol. The number of rotatable bonds is 28. The third kappa shape index (κ3) is 27.0. The molecule has 0 fully saturated rings. The molecule has 29 nitrogen and oxygen atoms in total. The Morgan fingerprint density at radius 1 is 0.402 bits per heavy atom. The van der Waals surface area contributed by atoms with E-state index in [9.17, 15) is 47.1 Å². The second-order valence-corrected chi connectivity index (χ2v) is 34.0. The summed E-state index contributed by atoms with van der Waals surface area (Å²) in [6.07, 6.45) is 6.06. The predicted octanol–water partition coefficient (Wildman–Crippen LogP) is 19.9. The number of aromatic nitrogens is 9. The van der Waals surface area contributed by atoms with Crippen molar-refractivity contribution < 1.29 is 94.3 Å². The number of carbonyl (C=O) groups is 7. The lowest BCUT2D eigenvalue weighted by molar-refractivity contribution is -0.152. The van der Waals surface area contributed by atoms with Crippen molar-refractivity contribution in [3.63, 3.8) is 0 Å². The Kier molecular flexibility index (Phi) is 38.8. The van der Waals surface area contributed by atoms with Crippen LogP contribution in [0.2, 0.25) is 30.1 Å². The number of halogens is 9. The van der Waals surface area contributed by atoms with Gasteiger partial charge in [-0.15, -0.1) is 0 Å².